The number of carbonyl (C=O) groups excluding carboxylic acids is 3. The fraction of sp³-hybridized carbons (Fsp3) is 0.143. The van der Waals surface area contributed by atoms with E-state index in [1.807, 2.05) is 6.92 Å². The molecule has 0 aliphatic rings. The molecule has 9 nitrogen and oxygen atoms in total. The molecule has 3 amide bonds. The number of ether oxygens (including phenoxy) is 1. The first-order valence-corrected chi connectivity index (χ1v) is 9.05. The van der Waals surface area contributed by atoms with Crippen molar-refractivity contribution in [3.8, 4) is 5.75 Å². The summed E-state index contributed by atoms with van der Waals surface area (Å²) in [5.74, 6) is -0.515. The summed E-state index contributed by atoms with van der Waals surface area (Å²) in [6.45, 7) is 1.86. The second kappa shape index (κ2) is 8.91. The lowest BCUT2D eigenvalue weighted by Gasteiger charge is -2.10. The molecule has 0 unspecified atom stereocenters. The minimum absolute atomic E-state index is 0.00803. The summed E-state index contributed by atoms with van der Waals surface area (Å²) in [6.07, 6.45) is 1.28. The van der Waals surface area contributed by atoms with Crippen LogP contribution in [0.25, 0.3) is 0 Å². The van der Waals surface area contributed by atoms with Crippen molar-refractivity contribution < 1.29 is 19.1 Å². The SMILES string of the molecule is CNC(=O)c1nc[nH]c1C(=O)Nc1ccc(NC(=O)c2ccc(OC)c(C)c2)cc1. The number of nitrogens with one attached hydrogen (secondary N) is 4. The van der Waals surface area contributed by atoms with Crippen molar-refractivity contribution in [1.82, 2.24) is 15.3 Å². The summed E-state index contributed by atoms with van der Waals surface area (Å²) >= 11 is 0. The van der Waals surface area contributed by atoms with E-state index in [0.29, 0.717) is 22.7 Å². The summed E-state index contributed by atoms with van der Waals surface area (Å²) in [4.78, 5) is 43.1. The van der Waals surface area contributed by atoms with Crippen LogP contribution in [0, 0.1) is 6.92 Å². The Kier molecular flexibility index (Phi) is 6.11. The molecule has 0 radical (unpaired) electrons. The third-order valence-electron chi connectivity index (χ3n) is 4.37. The van der Waals surface area contributed by atoms with Gasteiger partial charge in [0.1, 0.15) is 11.4 Å². The van der Waals surface area contributed by atoms with Gasteiger partial charge in [0.15, 0.2) is 5.69 Å². The molecular weight excluding hydrogens is 386 g/mol. The predicted molar refractivity (Wildman–Crippen MR) is 112 cm³/mol. The van der Waals surface area contributed by atoms with E-state index in [2.05, 4.69) is 25.9 Å². The maximum atomic E-state index is 12.4. The van der Waals surface area contributed by atoms with Crippen LogP contribution in [0.5, 0.6) is 5.75 Å². The van der Waals surface area contributed by atoms with Gasteiger partial charge in [-0.05, 0) is 55.0 Å². The molecule has 2 aromatic carbocycles. The number of nitrogens with zero attached hydrogens (tertiary/aromatic N) is 1. The number of rotatable bonds is 6. The number of carbonyl (C=O) groups is 3. The normalized spacial score (nSPS) is 10.2. The van der Waals surface area contributed by atoms with Crippen LogP contribution in [0.4, 0.5) is 11.4 Å². The molecule has 0 aliphatic heterocycles. The molecule has 0 aliphatic carbocycles. The van der Waals surface area contributed by atoms with Crippen LogP contribution < -0.4 is 20.7 Å². The second-order valence-electron chi connectivity index (χ2n) is 6.38. The monoisotopic (exact) mass is 407 g/mol. The Morgan fingerprint density at radius 2 is 1.57 bits per heavy atom. The van der Waals surface area contributed by atoms with Gasteiger partial charge in [0.05, 0.1) is 13.4 Å². The van der Waals surface area contributed by atoms with Gasteiger partial charge in [-0.2, -0.15) is 0 Å². The lowest BCUT2D eigenvalue weighted by molar-refractivity contribution is 0.0943. The predicted octanol–water partition coefficient (Wildman–Crippen LogP) is 2.59. The van der Waals surface area contributed by atoms with E-state index in [1.54, 1.807) is 49.6 Å². The highest BCUT2D eigenvalue weighted by molar-refractivity contribution is 6.10. The number of benzene rings is 2. The molecule has 154 valence electrons. The molecule has 4 N–H and O–H groups in total. The molecule has 0 saturated heterocycles. The first-order chi connectivity index (χ1) is 14.4. The number of aromatic nitrogens is 2. The number of amides is 3. The Bertz CT molecular complexity index is 1090. The van der Waals surface area contributed by atoms with Crippen LogP contribution in [0.2, 0.25) is 0 Å². The van der Waals surface area contributed by atoms with Crippen molar-refractivity contribution in [3.63, 3.8) is 0 Å². The van der Waals surface area contributed by atoms with Crippen LogP contribution in [0.1, 0.15) is 36.9 Å². The summed E-state index contributed by atoms with van der Waals surface area (Å²) < 4.78 is 5.20. The van der Waals surface area contributed by atoms with Gasteiger partial charge >= 0.3 is 0 Å². The molecule has 3 rings (SSSR count). The van der Waals surface area contributed by atoms with E-state index in [9.17, 15) is 14.4 Å². The van der Waals surface area contributed by atoms with Crippen molar-refractivity contribution in [2.75, 3.05) is 24.8 Å². The number of H-pyrrole nitrogens is 1. The number of anilines is 2. The van der Waals surface area contributed by atoms with Crippen molar-refractivity contribution in [1.29, 1.82) is 0 Å². The highest BCUT2D eigenvalue weighted by Crippen LogP contribution is 2.20. The summed E-state index contributed by atoms with van der Waals surface area (Å²) in [5, 5.41) is 7.91. The second-order valence-corrected chi connectivity index (χ2v) is 6.38. The molecule has 3 aromatic rings. The molecular formula is C21H21N5O4. The fourth-order valence-electron chi connectivity index (χ4n) is 2.81. The quantitative estimate of drug-likeness (QED) is 0.500. The number of hydrogen-bond acceptors (Lipinski definition) is 5. The lowest BCUT2D eigenvalue weighted by Crippen LogP contribution is -2.23. The smallest absolute Gasteiger partial charge is 0.274 e. The number of aryl methyl sites for hydroxylation is 1. The van der Waals surface area contributed by atoms with Crippen molar-refractivity contribution in [2.45, 2.75) is 6.92 Å². The van der Waals surface area contributed by atoms with Crippen LogP contribution in [-0.2, 0) is 0 Å². The van der Waals surface area contributed by atoms with Crippen LogP contribution in [0.3, 0.4) is 0 Å². The largest absolute Gasteiger partial charge is 0.496 e. The van der Waals surface area contributed by atoms with Crippen molar-refractivity contribution in [3.05, 3.63) is 71.3 Å². The zero-order valence-corrected chi connectivity index (χ0v) is 16.7. The van der Waals surface area contributed by atoms with E-state index in [0.717, 1.165) is 5.56 Å². The summed E-state index contributed by atoms with van der Waals surface area (Å²) in [6, 6.07) is 11.8. The topological polar surface area (TPSA) is 125 Å². The summed E-state index contributed by atoms with van der Waals surface area (Å²) in [7, 11) is 3.03. The van der Waals surface area contributed by atoms with Gasteiger partial charge in [-0.3, -0.25) is 14.4 Å². The third kappa shape index (κ3) is 4.46. The minimum Gasteiger partial charge on any atom is -0.496 e. The Balaban J connectivity index is 1.66. The number of hydrogen-bond donors (Lipinski definition) is 4. The van der Waals surface area contributed by atoms with Gasteiger partial charge in [0, 0.05) is 24.0 Å². The van der Waals surface area contributed by atoms with Crippen LogP contribution >= 0.6 is 0 Å². The first-order valence-electron chi connectivity index (χ1n) is 9.05. The van der Waals surface area contributed by atoms with E-state index >= 15 is 0 Å². The van der Waals surface area contributed by atoms with Gasteiger partial charge in [-0.25, -0.2) is 4.98 Å². The number of aromatic amines is 1. The third-order valence-corrected chi connectivity index (χ3v) is 4.37. The molecule has 1 aromatic heterocycles. The van der Waals surface area contributed by atoms with Crippen LogP contribution in [-0.4, -0.2) is 41.8 Å². The van der Waals surface area contributed by atoms with Crippen molar-refractivity contribution in [2.24, 2.45) is 0 Å². The Morgan fingerprint density at radius 3 is 2.13 bits per heavy atom. The average Bonchev–Trinajstić information content (AvgIpc) is 3.24. The average molecular weight is 407 g/mol. The van der Waals surface area contributed by atoms with Gasteiger partial charge in [-0.1, -0.05) is 0 Å². The van der Waals surface area contributed by atoms with Gasteiger partial charge in [0.25, 0.3) is 17.7 Å². The molecule has 0 fully saturated rings. The zero-order chi connectivity index (χ0) is 21.7. The fourth-order valence-corrected chi connectivity index (χ4v) is 2.81. The number of methoxy groups -OCH3 is 1. The zero-order valence-electron chi connectivity index (χ0n) is 16.7. The molecule has 0 bridgehead atoms. The number of imidazole rings is 1. The van der Waals surface area contributed by atoms with E-state index in [-0.39, 0.29) is 17.3 Å². The maximum absolute atomic E-state index is 12.4. The van der Waals surface area contributed by atoms with E-state index in [4.69, 9.17) is 4.74 Å². The molecule has 0 saturated carbocycles. The highest BCUT2D eigenvalue weighted by Gasteiger charge is 2.19. The van der Waals surface area contributed by atoms with Crippen molar-refractivity contribution >= 4 is 29.1 Å². The van der Waals surface area contributed by atoms with Gasteiger partial charge in [-0.15, -0.1) is 0 Å². The van der Waals surface area contributed by atoms with E-state index < -0.39 is 11.8 Å². The maximum Gasteiger partial charge on any atom is 0.274 e. The highest BCUT2D eigenvalue weighted by atomic mass is 16.5. The Hall–Kier alpha value is -4.14. The first kappa shape index (κ1) is 20.6. The van der Waals surface area contributed by atoms with Gasteiger partial charge < -0.3 is 25.7 Å². The molecule has 1 heterocycles. The van der Waals surface area contributed by atoms with E-state index in [1.165, 1.54) is 13.4 Å². The lowest BCUT2D eigenvalue weighted by atomic mass is 10.1. The standard InChI is InChI=1S/C21H21N5O4/c1-12-10-13(4-9-16(12)30-3)19(27)25-14-5-7-15(8-6-14)26-21(29)18-17(20(28)22-2)23-11-24-18/h4-11H,1-3H3,(H,22,28)(H,23,24)(H,25,27)(H,26,29). The minimum atomic E-state index is -0.503. The Morgan fingerprint density at radius 1 is 0.933 bits per heavy atom. The summed E-state index contributed by atoms with van der Waals surface area (Å²) in [5.41, 5.74) is 2.50. The molecule has 30 heavy (non-hydrogen) atoms. The molecule has 0 spiro atoms. The molecule has 9 heteroatoms. The molecule has 0 atom stereocenters. The van der Waals surface area contributed by atoms with Gasteiger partial charge in [0.2, 0.25) is 0 Å². The van der Waals surface area contributed by atoms with Crippen LogP contribution in [0.15, 0.2) is 48.8 Å². The Labute approximate surface area is 172 Å².